The lowest BCUT2D eigenvalue weighted by Crippen LogP contribution is -2.30. The van der Waals surface area contributed by atoms with Crippen molar-refractivity contribution in [1.82, 2.24) is 0 Å². The summed E-state index contributed by atoms with van der Waals surface area (Å²) in [5, 5.41) is 0. The van der Waals surface area contributed by atoms with Crippen LogP contribution < -0.4 is 5.73 Å². The van der Waals surface area contributed by atoms with E-state index in [1.807, 2.05) is 0 Å². The van der Waals surface area contributed by atoms with E-state index in [1.54, 1.807) is 0 Å². The first-order valence-electron chi connectivity index (χ1n) is 7.92. The molecule has 1 aliphatic rings. The molecule has 3 unspecified atom stereocenters. The van der Waals surface area contributed by atoms with E-state index in [9.17, 15) is 0 Å². The molecule has 0 saturated carbocycles. The van der Waals surface area contributed by atoms with Crippen LogP contribution >= 0.6 is 0 Å². The molecule has 1 fully saturated rings. The van der Waals surface area contributed by atoms with Gasteiger partial charge < -0.3 is 10.5 Å². The third-order valence-corrected chi connectivity index (χ3v) is 4.56. The van der Waals surface area contributed by atoms with Gasteiger partial charge in [-0.2, -0.15) is 0 Å². The van der Waals surface area contributed by atoms with Crippen LogP contribution in [-0.4, -0.2) is 12.7 Å². The van der Waals surface area contributed by atoms with Crippen molar-refractivity contribution in [2.45, 2.75) is 65.0 Å². The Hall–Kier alpha value is -0.860. The van der Waals surface area contributed by atoms with Crippen molar-refractivity contribution in [1.29, 1.82) is 0 Å². The van der Waals surface area contributed by atoms with Crippen LogP contribution in [0.4, 0.5) is 0 Å². The van der Waals surface area contributed by atoms with Crippen molar-refractivity contribution in [3.05, 3.63) is 34.9 Å². The number of hydrogen-bond acceptors (Lipinski definition) is 2. The molecule has 0 amide bonds. The highest BCUT2D eigenvalue weighted by Gasteiger charge is 2.32. The molecule has 0 spiro atoms. The molecule has 0 aromatic heterocycles. The smallest absolute Gasteiger partial charge is 0.0793 e. The first kappa shape index (κ1) is 15.5. The van der Waals surface area contributed by atoms with Gasteiger partial charge in [-0.3, -0.25) is 0 Å². The highest BCUT2D eigenvalue weighted by Crippen LogP contribution is 2.34. The first-order valence-corrected chi connectivity index (χ1v) is 7.92. The molecular formula is C18H29NO. The van der Waals surface area contributed by atoms with E-state index < -0.39 is 0 Å². The molecule has 1 aliphatic heterocycles. The van der Waals surface area contributed by atoms with E-state index in [1.165, 1.54) is 16.7 Å². The van der Waals surface area contributed by atoms with Crippen molar-refractivity contribution >= 4 is 0 Å². The summed E-state index contributed by atoms with van der Waals surface area (Å²) in [5.74, 6) is 1.60. The second-order valence-electron chi connectivity index (χ2n) is 6.82. The van der Waals surface area contributed by atoms with Gasteiger partial charge in [0.25, 0.3) is 0 Å². The molecular weight excluding hydrogens is 246 g/mol. The zero-order chi connectivity index (χ0) is 14.9. The molecule has 1 aromatic carbocycles. The van der Waals surface area contributed by atoms with Gasteiger partial charge in [0, 0.05) is 6.61 Å². The van der Waals surface area contributed by atoms with Crippen molar-refractivity contribution < 1.29 is 4.74 Å². The predicted molar refractivity (Wildman–Crippen MR) is 85.1 cm³/mol. The normalized spacial score (nSPS) is 24.6. The van der Waals surface area contributed by atoms with Gasteiger partial charge in [0.2, 0.25) is 0 Å². The van der Waals surface area contributed by atoms with Crippen molar-refractivity contribution in [2.24, 2.45) is 11.7 Å². The molecule has 1 aromatic rings. The largest absolute Gasteiger partial charge is 0.376 e. The molecule has 2 N–H and O–H groups in total. The van der Waals surface area contributed by atoms with Crippen LogP contribution in [-0.2, 0) is 4.74 Å². The Bertz CT molecular complexity index is 453. The zero-order valence-electron chi connectivity index (χ0n) is 13.5. The average molecular weight is 275 g/mol. The van der Waals surface area contributed by atoms with Gasteiger partial charge in [-0.25, -0.2) is 0 Å². The van der Waals surface area contributed by atoms with Gasteiger partial charge in [-0.1, -0.05) is 52.8 Å². The standard InChI is InChI=1S/C18H29NO/c1-11(2)14-6-7-15(16(10-14)12(3)4)17(19)18-13(5)8-9-20-18/h6-7,10-13,17-18H,8-9,19H2,1-5H3. The van der Waals surface area contributed by atoms with Gasteiger partial charge in [0.05, 0.1) is 12.1 Å². The SMILES string of the molecule is CC(C)c1ccc(C(N)C2OCCC2C)c(C(C)C)c1. The summed E-state index contributed by atoms with van der Waals surface area (Å²) in [6, 6.07) is 6.78. The van der Waals surface area contributed by atoms with Crippen molar-refractivity contribution in [3.63, 3.8) is 0 Å². The molecule has 20 heavy (non-hydrogen) atoms. The topological polar surface area (TPSA) is 35.2 Å². The Morgan fingerprint density at radius 3 is 2.30 bits per heavy atom. The van der Waals surface area contributed by atoms with Crippen LogP contribution in [0.5, 0.6) is 0 Å². The number of hydrogen-bond donors (Lipinski definition) is 1. The molecule has 3 atom stereocenters. The molecule has 112 valence electrons. The zero-order valence-corrected chi connectivity index (χ0v) is 13.5. The summed E-state index contributed by atoms with van der Waals surface area (Å²) >= 11 is 0. The number of ether oxygens (including phenoxy) is 1. The lowest BCUT2D eigenvalue weighted by atomic mass is 9.85. The minimum Gasteiger partial charge on any atom is -0.376 e. The third-order valence-electron chi connectivity index (χ3n) is 4.56. The lowest BCUT2D eigenvalue weighted by molar-refractivity contribution is 0.0722. The Kier molecular flexibility index (Phi) is 4.87. The average Bonchev–Trinajstić information content (AvgIpc) is 2.83. The molecule has 2 heteroatoms. The van der Waals surface area contributed by atoms with Crippen LogP contribution in [0.25, 0.3) is 0 Å². The second kappa shape index (κ2) is 6.28. The van der Waals surface area contributed by atoms with Crippen LogP contribution in [0.2, 0.25) is 0 Å². The molecule has 2 rings (SSSR count). The summed E-state index contributed by atoms with van der Waals surface area (Å²) in [4.78, 5) is 0. The Morgan fingerprint density at radius 1 is 1.10 bits per heavy atom. The fraction of sp³-hybridized carbons (Fsp3) is 0.667. The summed E-state index contributed by atoms with van der Waals surface area (Å²) in [5.41, 5.74) is 10.6. The monoisotopic (exact) mass is 275 g/mol. The van der Waals surface area contributed by atoms with E-state index in [-0.39, 0.29) is 12.1 Å². The minimum atomic E-state index is -0.00823. The quantitative estimate of drug-likeness (QED) is 0.886. The molecule has 0 bridgehead atoms. The number of benzene rings is 1. The van der Waals surface area contributed by atoms with Gasteiger partial charge in [0.1, 0.15) is 0 Å². The van der Waals surface area contributed by atoms with E-state index >= 15 is 0 Å². The Balaban J connectivity index is 2.35. The molecule has 1 heterocycles. The van der Waals surface area contributed by atoms with E-state index in [0.717, 1.165) is 13.0 Å². The maximum Gasteiger partial charge on any atom is 0.0793 e. The van der Waals surface area contributed by atoms with Gasteiger partial charge in [-0.15, -0.1) is 0 Å². The van der Waals surface area contributed by atoms with Crippen LogP contribution in [0.3, 0.4) is 0 Å². The van der Waals surface area contributed by atoms with Gasteiger partial charge in [0.15, 0.2) is 0 Å². The van der Waals surface area contributed by atoms with E-state index in [4.69, 9.17) is 10.5 Å². The Morgan fingerprint density at radius 2 is 1.80 bits per heavy atom. The predicted octanol–water partition coefficient (Wildman–Crippen LogP) is 4.36. The maximum atomic E-state index is 6.53. The minimum absolute atomic E-state index is 0.00823. The highest BCUT2D eigenvalue weighted by molar-refractivity contribution is 5.38. The fourth-order valence-corrected chi connectivity index (χ4v) is 3.11. The number of nitrogens with two attached hydrogens (primary N) is 1. The molecule has 2 nitrogen and oxygen atoms in total. The summed E-state index contributed by atoms with van der Waals surface area (Å²) < 4.78 is 5.87. The number of rotatable bonds is 4. The molecule has 0 aliphatic carbocycles. The second-order valence-corrected chi connectivity index (χ2v) is 6.82. The molecule has 1 saturated heterocycles. The van der Waals surface area contributed by atoms with Crippen LogP contribution in [0.15, 0.2) is 18.2 Å². The van der Waals surface area contributed by atoms with Crippen molar-refractivity contribution in [2.75, 3.05) is 6.61 Å². The summed E-state index contributed by atoms with van der Waals surface area (Å²) in [6.07, 6.45) is 1.29. The molecule has 0 radical (unpaired) electrons. The third kappa shape index (κ3) is 3.07. The Labute approximate surface area is 123 Å². The highest BCUT2D eigenvalue weighted by atomic mass is 16.5. The van der Waals surface area contributed by atoms with Crippen LogP contribution in [0.1, 0.15) is 75.6 Å². The fourth-order valence-electron chi connectivity index (χ4n) is 3.11. The van der Waals surface area contributed by atoms with E-state index in [0.29, 0.717) is 17.8 Å². The maximum absolute atomic E-state index is 6.53. The van der Waals surface area contributed by atoms with E-state index in [2.05, 4.69) is 52.8 Å². The summed E-state index contributed by atoms with van der Waals surface area (Å²) in [6.45, 7) is 12.1. The first-order chi connectivity index (χ1) is 9.41. The van der Waals surface area contributed by atoms with Crippen molar-refractivity contribution in [3.8, 4) is 0 Å². The lowest BCUT2D eigenvalue weighted by Gasteiger charge is -2.27. The summed E-state index contributed by atoms with van der Waals surface area (Å²) in [7, 11) is 0. The van der Waals surface area contributed by atoms with Gasteiger partial charge in [-0.05, 0) is 40.9 Å². The van der Waals surface area contributed by atoms with Crippen LogP contribution in [0, 0.1) is 5.92 Å². The van der Waals surface area contributed by atoms with Gasteiger partial charge >= 0.3 is 0 Å².